The molecule has 1 heterocycles. The number of amides is 1. The quantitative estimate of drug-likeness (QED) is 0.807. The third-order valence-electron chi connectivity index (χ3n) is 4.58. The van der Waals surface area contributed by atoms with Gasteiger partial charge in [-0.25, -0.2) is 13.8 Å². The molecule has 0 bridgehead atoms. The molecule has 1 aromatic heterocycles. The smallest absolute Gasteiger partial charge is 0.223 e. The van der Waals surface area contributed by atoms with Crippen LogP contribution in [0.25, 0.3) is 11.0 Å². The zero-order valence-electron chi connectivity index (χ0n) is 12.7. The van der Waals surface area contributed by atoms with Crippen molar-refractivity contribution >= 4 is 16.9 Å². The Labute approximate surface area is 132 Å². The van der Waals surface area contributed by atoms with E-state index in [1.54, 1.807) is 0 Å². The first-order valence-corrected chi connectivity index (χ1v) is 7.89. The van der Waals surface area contributed by atoms with Crippen molar-refractivity contribution in [2.24, 2.45) is 17.6 Å². The highest BCUT2D eigenvalue weighted by molar-refractivity contribution is 5.79. The second-order valence-corrected chi connectivity index (χ2v) is 6.11. The van der Waals surface area contributed by atoms with Gasteiger partial charge in [0, 0.05) is 5.92 Å². The molecule has 1 fully saturated rings. The van der Waals surface area contributed by atoms with Crippen molar-refractivity contribution in [3.05, 3.63) is 29.6 Å². The summed E-state index contributed by atoms with van der Waals surface area (Å²) >= 11 is 0. The Balaban J connectivity index is 1.60. The molecule has 1 saturated carbocycles. The van der Waals surface area contributed by atoms with Crippen molar-refractivity contribution in [3.8, 4) is 0 Å². The highest BCUT2D eigenvalue weighted by Gasteiger charge is 2.25. The van der Waals surface area contributed by atoms with E-state index in [1.165, 1.54) is 6.07 Å². The van der Waals surface area contributed by atoms with Gasteiger partial charge >= 0.3 is 0 Å². The number of carbonyl (C=O) groups is 1. The van der Waals surface area contributed by atoms with Gasteiger partial charge in [0.05, 0.1) is 12.1 Å². The number of aromatic nitrogens is 2. The Morgan fingerprint density at radius 1 is 1.30 bits per heavy atom. The molecule has 5 nitrogen and oxygen atoms in total. The number of nitrogens with one attached hydrogen (secondary N) is 2. The summed E-state index contributed by atoms with van der Waals surface area (Å²) in [5.41, 5.74) is 6.02. The number of aromatic amines is 1. The molecule has 0 atom stereocenters. The molecule has 7 heteroatoms. The Morgan fingerprint density at radius 3 is 2.74 bits per heavy atom. The molecule has 0 radical (unpaired) electrons. The third kappa shape index (κ3) is 3.34. The summed E-state index contributed by atoms with van der Waals surface area (Å²) in [4.78, 5) is 19.1. The van der Waals surface area contributed by atoms with Gasteiger partial charge in [-0.3, -0.25) is 4.79 Å². The first-order valence-electron chi connectivity index (χ1n) is 7.89. The van der Waals surface area contributed by atoms with E-state index in [0.717, 1.165) is 31.7 Å². The molecule has 2 aromatic rings. The van der Waals surface area contributed by atoms with Crippen LogP contribution in [0.5, 0.6) is 0 Å². The zero-order chi connectivity index (χ0) is 16.4. The topological polar surface area (TPSA) is 83.8 Å². The fraction of sp³-hybridized carbons (Fsp3) is 0.500. The third-order valence-corrected chi connectivity index (χ3v) is 4.58. The number of benzene rings is 1. The molecule has 0 saturated heterocycles. The Morgan fingerprint density at radius 2 is 2.04 bits per heavy atom. The molecule has 0 aliphatic heterocycles. The minimum absolute atomic E-state index is 0.00337. The molecule has 0 unspecified atom stereocenters. The van der Waals surface area contributed by atoms with Crippen LogP contribution >= 0.6 is 0 Å². The molecule has 1 amide bonds. The molecule has 0 spiro atoms. The van der Waals surface area contributed by atoms with E-state index < -0.39 is 11.6 Å². The number of hydrogen-bond donors (Lipinski definition) is 3. The van der Waals surface area contributed by atoms with Crippen LogP contribution in [0, 0.1) is 23.5 Å². The summed E-state index contributed by atoms with van der Waals surface area (Å²) < 4.78 is 26.8. The van der Waals surface area contributed by atoms with E-state index in [-0.39, 0.29) is 23.9 Å². The monoisotopic (exact) mass is 322 g/mol. The predicted molar refractivity (Wildman–Crippen MR) is 82.4 cm³/mol. The number of imidazole rings is 1. The van der Waals surface area contributed by atoms with Gasteiger partial charge in [0.2, 0.25) is 5.91 Å². The van der Waals surface area contributed by atoms with Crippen LogP contribution in [-0.2, 0) is 11.3 Å². The maximum atomic E-state index is 13.6. The van der Waals surface area contributed by atoms with E-state index in [0.29, 0.717) is 23.8 Å². The summed E-state index contributed by atoms with van der Waals surface area (Å²) in [5, 5.41) is 2.82. The SMILES string of the molecule is NCC1CCC(C(=O)NCc2nc3c(F)c(F)ccc3[nH]2)CC1. The Kier molecular flexibility index (Phi) is 4.56. The van der Waals surface area contributed by atoms with Gasteiger partial charge in [-0.1, -0.05) is 0 Å². The van der Waals surface area contributed by atoms with Crippen molar-refractivity contribution in [2.75, 3.05) is 6.54 Å². The van der Waals surface area contributed by atoms with E-state index in [1.807, 2.05) is 0 Å². The van der Waals surface area contributed by atoms with Crippen LogP contribution < -0.4 is 11.1 Å². The number of halogens is 2. The van der Waals surface area contributed by atoms with Crippen molar-refractivity contribution in [1.82, 2.24) is 15.3 Å². The summed E-state index contributed by atoms with van der Waals surface area (Å²) in [6.45, 7) is 0.848. The lowest BCUT2D eigenvalue weighted by atomic mass is 9.81. The van der Waals surface area contributed by atoms with E-state index in [9.17, 15) is 13.6 Å². The zero-order valence-corrected chi connectivity index (χ0v) is 12.7. The Hall–Kier alpha value is -2.02. The average molecular weight is 322 g/mol. The first kappa shape index (κ1) is 15.9. The number of fused-ring (bicyclic) bond motifs is 1. The van der Waals surface area contributed by atoms with Crippen LogP contribution in [-0.4, -0.2) is 22.4 Å². The van der Waals surface area contributed by atoms with Gasteiger partial charge in [0.1, 0.15) is 11.3 Å². The van der Waals surface area contributed by atoms with Crippen LogP contribution in [0.15, 0.2) is 12.1 Å². The molecular formula is C16H20F2N4O. The van der Waals surface area contributed by atoms with Crippen LogP contribution in [0.2, 0.25) is 0 Å². The molecule has 124 valence electrons. The fourth-order valence-corrected chi connectivity index (χ4v) is 3.13. The second-order valence-electron chi connectivity index (χ2n) is 6.11. The molecule has 1 aliphatic rings. The van der Waals surface area contributed by atoms with E-state index in [4.69, 9.17) is 5.73 Å². The highest BCUT2D eigenvalue weighted by Crippen LogP contribution is 2.28. The molecular weight excluding hydrogens is 302 g/mol. The normalized spacial score (nSPS) is 21.5. The second kappa shape index (κ2) is 6.62. The number of nitrogens with zero attached hydrogens (tertiary/aromatic N) is 1. The van der Waals surface area contributed by atoms with Gasteiger partial charge in [0.15, 0.2) is 11.6 Å². The minimum atomic E-state index is -0.976. The first-order chi connectivity index (χ1) is 11.1. The van der Waals surface area contributed by atoms with E-state index in [2.05, 4.69) is 15.3 Å². The molecule has 3 rings (SSSR count). The molecule has 1 aliphatic carbocycles. The molecule has 4 N–H and O–H groups in total. The van der Waals surface area contributed by atoms with Gasteiger partial charge in [-0.2, -0.15) is 0 Å². The molecule has 23 heavy (non-hydrogen) atoms. The van der Waals surface area contributed by atoms with Crippen LogP contribution in [0.3, 0.4) is 0 Å². The average Bonchev–Trinajstić information content (AvgIpc) is 3.00. The summed E-state index contributed by atoms with van der Waals surface area (Å²) in [6.07, 6.45) is 3.63. The number of H-pyrrole nitrogens is 1. The lowest BCUT2D eigenvalue weighted by Gasteiger charge is -2.26. The minimum Gasteiger partial charge on any atom is -0.349 e. The van der Waals surface area contributed by atoms with Crippen LogP contribution in [0.1, 0.15) is 31.5 Å². The van der Waals surface area contributed by atoms with Crippen molar-refractivity contribution in [2.45, 2.75) is 32.2 Å². The Bertz CT molecular complexity index is 707. The fourth-order valence-electron chi connectivity index (χ4n) is 3.13. The van der Waals surface area contributed by atoms with Crippen molar-refractivity contribution in [1.29, 1.82) is 0 Å². The van der Waals surface area contributed by atoms with Gasteiger partial charge in [-0.15, -0.1) is 0 Å². The van der Waals surface area contributed by atoms with E-state index >= 15 is 0 Å². The maximum absolute atomic E-state index is 13.6. The standard InChI is InChI=1S/C16H20F2N4O/c17-11-5-6-12-15(14(11)18)22-13(21-12)8-20-16(23)10-3-1-9(7-19)2-4-10/h5-6,9-10H,1-4,7-8,19H2,(H,20,23)(H,21,22). The van der Waals surface area contributed by atoms with Crippen LogP contribution in [0.4, 0.5) is 8.78 Å². The summed E-state index contributed by atoms with van der Waals surface area (Å²) in [6, 6.07) is 2.48. The summed E-state index contributed by atoms with van der Waals surface area (Å²) in [7, 11) is 0. The van der Waals surface area contributed by atoms with Crippen molar-refractivity contribution < 1.29 is 13.6 Å². The predicted octanol–water partition coefficient (Wildman–Crippen LogP) is 2.22. The largest absolute Gasteiger partial charge is 0.349 e. The van der Waals surface area contributed by atoms with Gasteiger partial charge < -0.3 is 16.0 Å². The van der Waals surface area contributed by atoms with Gasteiger partial charge in [0.25, 0.3) is 0 Å². The lowest BCUT2D eigenvalue weighted by Crippen LogP contribution is -2.34. The maximum Gasteiger partial charge on any atom is 0.223 e. The highest BCUT2D eigenvalue weighted by atomic mass is 19.2. The summed E-state index contributed by atoms with van der Waals surface area (Å²) in [5.74, 6) is -1.00. The lowest BCUT2D eigenvalue weighted by molar-refractivity contribution is -0.126. The number of hydrogen-bond acceptors (Lipinski definition) is 3. The number of nitrogens with two attached hydrogens (primary N) is 1. The van der Waals surface area contributed by atoms with Gasteiger partial charge in [-0.05, 0) is 50.3 Å². The van der Waals surface area contributed by atoms with Crippen molar-refractivity contribution in [3.63, 3.8) is 0 Å². The number of rotatable bonds is 4. The molecule has 1 aromatic carbocycles. The number of carbonyl (C=O) groups excluding carboxylic acids is 1.